The number of nitrogens with one attached hydrogen (secondary N) is 1. The summed E-state index contributed by atoms with van der Waals surface area (Å²) in [5.41, 5.74) is 3.06. The van der Waals surface area contributed by atoms with Crippen molar-refractivity contribution in [3.8, 4) is 0 Å². The predicted molar refractivity (Wildman–Crippen MR) is 97.6 cm³/mol. The molecule has 1 fully saturated rings. The highest BCUT2D eigenvalue weighted by molar-refractivity contribution is 5.75. The van der Waals surface area contributed by atoms with Crippen LogP contribution in [0.4, 0.5) is 0 Å². The number of aromatic amines is 1. The zero-order valence-electron chi connectivity index (χ0n) is 14.7. The van der Waals surface area contributed by atoms with Crippen LogP contribution in [0.25, 0.3) is 11.0 Å². The lowest BCUT2D eigenvalue weighted by molar-refractivity contribution is 0.192. The molecule has 1 aliphatic heterocycles. The molecule has 1 saturated heterocycles. The summed E-state index contributed by atoms with van der Waals surface area (Å²) in [6, 6.07) is 9.88. The van der Waals surface area contributed by atoms with Crippen molar-refractivity contribution >= 4 is 11.0 Å². The molecule has 0 saturated carbocycles. The normalized spacial score (nSPS) is 18.7. The van der Waals surface area contributed by atoms with Crippen LogP contribution in [0.1, 0.15) is 36.1 Å². The molecule has 25 heavy (non-hydrogen) atoms. The van der Waals surface area contributed by atoms with Gasteiger partial charge in [0.25, 0.3) is 5.56 Å². The third-order valence-corrected chi connectivity index (χ3v) is 5.05. The van der Waals surface area contributed by atoms with E-state index in [0.717, 1.165) is 55.0 Å². The standard InChI is InChI=1S/C19H23N5O/c1-13-20-16(10-19(25)21-13)14-6-5-9-24(11-14)12-18-22-15-7-3-4-8-17(15)23(18)2/h3-4,7-8,10,14H,5-6,9,11-12H2,1-2H3,(H,20,21,25)/t14-/m0/s1. The topological polar surface area (TPSA) is 66.8 Å². The van der Waals surface area contributed by atoms with E-state index < -0.39 is 0 Å². The third-order valence-electron chi connectivity index (χ3n) is 5.05. The molecule has 0 radical (unpaired) electrons. The number of nitrogens with zero attached hydrogens (tertiary/aromatic N) is 4. The van der Waals surface area contributed by atoms with Crippen molar-refractivity contribution in [2.24, 2.45) is 7.05 Å². The maximum absolute atomic E-state index is 11.7. The predicted octanol–water partition coefficient (Wildman–Crippen LogP) is 2.34. The number of benzene rings is 1. The Morgan fingerprint density at radius 3 is 2.92 bits per heavy atom. The van der Waals surface area contributed by atoms with E-state index in [-0.39, 0.29) is 5.56 Å². The van der Waals surface area contributed by atoms with Gasteiger partial charge in [0.05, 0.1) is 23.3 Å². The van der Waals surface area contributed by atoms with Crippen molar-refractivity contribution in [3.63, 3.8) is 0 Å². The van der Waals surface area contributed by atoms with Gasteiger partial charge in [0, 0.05) is 25.6 Å². The zero-order valence-corrected chi connectivity index (χ0v) is 14.7. The number of aryl methyl sites for hydroxylation is 2. The Bertz CT molecular complexity index is 958. The summed E-state index contributed by atoms with van der Waals surface area (Å²) in [5, 5.41) is 0. The van der Waals surface area contributed by atoms with E-state index in [2.05, 4.69) is 38.6 Å². The van der Waals surface area contributed by atoms with Gasteiger partial charge in [0.1, 0.15) is 11.6 Å². The van der Waals surface area contributed by atoms with Gasteiger partial charge in [-0.3, -0.25) is 9.69 Å². The lowest BCUT2D eigenvalue weighted by Crippen LogP contribution is -2.35. The molecule has 2 aromatic heterocycles. The first-order chi connectivity index (χ1) is 12.1. The smallest absolute Gasteiger partial charge is 0.251 e. The lowest BCUT2D eigenvalue weighted by Gasteiger charge is -2.32. The van der Waals surface area contributed by atoms with E-state index in [1.54, 1.807) is 6.07 Å². The average molecular weight is 337 g/mol. The van der Waals surface area contributed by atoms with E-state index >= 15 is 0 Å². The molecular weight excluding hydrogens is 314 g/mol. The van der Waals surface area contributed by atoms with Crippen molar-refractivity contribution in [1.29, 1.82) is 0 Å². The van der Waals surface area contributed by atoms with E-state index in [0.29, 0.717) is 11.7 Å². The summed E-state index contributed by atoms with van der Waals surface area (Å²) in [7, 11) is 2.08. The molecule has 1 aromatic carbocycles. The minimum absolute atomic E-state index is 0.0602. The highest BCUT2D eigenvalue weighted by Crippen LogP contribution is 2.26. The fraction of sp³-hybridized carbons (Fsp3) is 0.421. The van der Waals surface area contributed by atoms with Crippen molar-refractivity contribution in [2.75, 3.05) is 13.1 Å². The molecule has 3 heterocycles. The largest absolute Gasteiger partial charge is 0.330 e. The summed E-state index contributed by atoms with van der Waals surface area (Å²) in [6.45, 7) is 4.63. The number of hydrogen-bond donors (Lipinski definition) is 1. The molecule has 0 aliphatic carbocycles. The number of imidazole rings is 1. The van der Waals surface area contributed by atoms with Crippen molar-refractivity contribution in [1.82, 2.24) is 24.4 Å². The van der Waals surface area contributed by atoms with Gasteiger partial charge in [0.2, 0.25) is 0 Å². The molecule has 6 nitrogen and oxygen atoms in total. The van der Waals surface area contributed by atoms with E-state index in [4.69, 9.17) is 4.98 Å². The van der Waals surface area contributed by atoms with Crippen LogP contribution in [0.15, 0.2) is 35.1 Å². The zero-order chi connectivity index (χ0) is 17.4. The Morgan fingerprint density at radius 1 is 1.28 bits per heavy atom. The summed E-state index contributed by atoms with van der Waals surface area (Å²) in [5.74, 6) is 2.08. The maximum Gasteiger partial charge on any atom is 0.251 e. The molecule has 0 bridgehead atoms. The summed E-state index contributed by atoms with van der Waals surface area (Å²) >= 11 is 0. The first-order valence-corrected chi connectivity index (χ1v) is 8.81. The lowest BCUT2D eigenvalue weighted by atomic mass is 9.94. The minimum atomic E-state index is -0.0602. The van der Waals surface area contributed by atoms with Crippen LogP contribution in [0, 0.1) is 6.92 Å². The van der Waals surface area contributed by atoms with Gasteiger partial charge in [-0.05, 0) is 38.4 Å². The van der Waals surface area contributed by atoms with Crippen LogP contribution in [-0.4, -0.2) is 37.5 Å². The van der Waals surface area contributed by atoms with E-state index in [9.17, 15) is 4.79 Å². The number of para-hydroxylation sites is 2. The number of aromatic nitrogens is 4. The number of rotatable bonds is 3. The van der Waals surface area contributed by atoms with Crippen LogP contribution in [0.3, 0.4) is 0 Å². The summed E-state index contributed by atoms with van der Waals surface area (Å²) < 4.78 is 2.18. The second-order valence-corrected chi connectivity index (χ2v) is 6.91. The molecule has 1 N–H and O–H groups in total. The van der Waals surface area contributed by atoms with Gasteiger partial charge in [-0.2, -0.15) is 0 Å². The van der Waals surface area contributed by atoms with Crippen molar-refractivity contribution < 1.29 is 0 Å². The maximum atomic E-state index is 11.7. The summed E-state index contributed by atoms with van der Waals surface area (Å²) in [6.07, 6.45) is 2.19. The molecule has 0 spiro atoms. The van der Waals surface area contributed by atoms with Gasteiger partial charge in [-0.1, -0.05) is 12.1 Å². The fourth-order valence-corrected chi connectivity index (χ4v) is 3.79. The Balaban J connectivity index is 1.54. The number of hydrogen-bond acceptors (Lipinski definition) is 4. The number of piperidine rings is 1. The molecule has 0 unspecified atom stereocenters. The molecule has 130 valence electrons. The quantitative estimate of drug-likeness (QED) is 0.797. The van der Waals surface area contributed by atoms with Gasteiger partial charge in [0.15, 0.2) is 0 Å². The SMILES string of the molecule is Cc1nc([C@H]2CCCN(Cc3nc4ccccc4n3C)C2)cc(=O)[nH]1. The van der Waals surface area contributed by atoms with Gasteiger partial charge < -0.3 is 9.55 Å². The van der Waals surface area contributed by atoms with E-state index in [1.165, 1.54) is 0 Å². The second kappa shape index (κ2) is 6.44. The monoisotopic (exact) mass is 337 g/mol. The summed E-state index contributed by atoms with van der Waals surface area (Å²) in [4.78, 5) is 26.2. The van der Waals surface area contributed by atoms with Crippen LogP contribution in [0.5, 0.6) is 0 Å². The van der Waals surface area contributed by atoms with Crippen molar-refractivity contribution in [2.45, 2.75) is 32.2 Å². The fourth-order valence-electron chi connectivity index (χ4n) is 3.79. The molecular formula is C19H23N5O. The van der Waals surface area contributed by atoms with Gasteiger partial charge >= 0.3 is 0 Å². The van der Waals surface area contributed by atoms with Crippen LogP contribution >= 0.6 is 0 Å². The average Bonchev–Trinajstić information content (AvgIpc) is 2.91. The number of H-pyrrole nitrogens is 1. The third kappa shape index (κ3) is 3.22. The Labute approximate surface area is 146 Å². The number of likely N-dealkylation sites (tertiary alicyclic amines) is 1. The molecule has 4 rings (SSSR count). The number of fused-ring (bicyclic) bond motifs is 1. The minimum Gasteiger partial charge on any atom is -0.330 e. The first-order valence-electron chi connectivity index (χ1n) is 8.81. The van der Waals surface area contributed by atoms with Gasteiger partial charge in [-0.15, -0.1) is 0 Å². The molecule has 6 heteroatoms. The molecule has 0 amide bonds. The molecule has 3 aromatic rings. The van der Waals surface area contributed by atoms with E-state index in [1.807, 2.05) is 19.1 Å². The first kappa shape index (κ1) is 16.0. The highest BCUT2D eigenvalue weighted by Gasteiger charge is 2.24. The Hall–Kier alpha value is -2.47. The van der Waals surface area contributed by atoms with Crippen molar-refractivity contribution in [3.05, 3.63) is 58.0 Å². The second-order valence-electron chi connectivity index (χ2n) is 6.91. The highest BCUT2D eigenvalue weighted by atomic mass is 16.1. The van der Waals surface area contributed by atoms with Crippen LogP contribution in [0.2, 0.25) is 0 Å². The molecule has 1 aliphatic rings. The Kier molecular flexibility index (Phi) is 4.13. The van der Waals surface area contributed by atoms with Crippen LogP contribution in [-0.2, 0) is 13.6 Å². The Morgan fingerprint density at radius 2 is 2.12 bits per heavy atom. The van der Waals surface area contributed by atoms with Gasteiger partial charge in [-0.25, -0.2) is 9.97 Å². The molecule has 1 atom stereocenters. The van der Waals surface area contributed by atoms with Crippen LogP contribution < -0.4 is 5.56 Å².